The van der Waals surface area contributed by atoms with E-state index in [0.29, 0.717) is 12.1 Å². The molecule has 0 bridgehead atoms. The number of nitrogens with one attached hydrogen (secondary N) is 1. The minimum atomic E-state index is 0.392. The Bertz CT molecular complexity index is 317. The Hall–Kier alpha value is -0.410. The molecule has 0 spiro atoms. The molecule has 1 heterocycles. The third-order valence-electron chi connectivity index (χ3n) is 3.00. The van der Waals surface area contributed by atoms with Gasteiger partial charge in [-0.25, -0.2) is 4.98 Å². The molecular formula is C12H20N2S. The van der Waals surface area contributed by atoms with Gasteiger partial charge in [0.05, 0.1) is 10.7 Å². The second-order valence-electron chi connectivity index (χ2n) is 4.76. The lowest BCUT2D eigenvalue weighted by molar-refractivity contribution is 0.434. The highest BCUT2D eigenvalue weighted by Gasteiger charge is 2.24. The monoisotopic (exact) mass is 224 g/mol. The molecule has 1 fully saturated rings. The molecule has 0 aliphatic heterocycles. The smallest absolute Gasteiger partial charge is 0.0898 e. The summed E-state index contributed by atoms with van der Waals surface area (Å²) in [5.74, 6) is 0.997. The van der Waals surface area contributed by atoms with E-state index >= 15 is 0 Å². The first kappa shape index (κ1) is 11.1. The first-order valence-corrected chi connectivity index (χ1v) is 6.71. The molecule has 1 aromatic rings. The summed E-state index contributed by atoms with van der Waals surface area (Å²) >= 11 is 1.73. The second kappa shape index (κ2) is 4.62. The molecular weight excluding hydrogens is 204 g/mol. The summed E-state index contributed by atoms with van der Waals surface area (Å²) in [5.41, 5.74) is 1.19. The summed E-state index contributed by atoms with van der Waals surface area (Å²) in [7, 11) is 0. The van der Waals surface area contributed by atoms with E-state index < -0.39 is 0 Å². The van der Waals surface area contributed by atoms with Gasteiger partial charge in [-0.1, -0.05) is 12.8 Å². The van der Waals surface area contributed by atoms with Gasteiger partial charge in [0.25, 0.3) is 0 Å². The van der Waals surface area contributed by atoms with Crippen LogP contribution in [-0.4, -0.2) is 11.0 Å². The normalized spacial score (nSPS) is 20.2. The third kappa shape index (κ3) is 3.28. The van der Waals surface area contributed by atoms with Gasteiger partial charge in [-0.05, 0) is 33.1 Å². The zero-order chi connectivity index (χ0) is 10.8. The van der Waals surface area contributed by atoms with E-state index in [1.807, 2.05) is 0 Å². The predicted molar refractivity (Wildman–Crippen MR) is 65.2 cm³/mol. The van der Waals surface area contributed by atoms with Gasteiger partial charge in [0.1, 0.15) is 0 Å². The van der Waals surface area contributed by atoms with Crippen LogP contribution < -0.4 is 5.32 Å². The molecule has 1 aliphatic rings. The minimum Gasteiger partial charge on any atom is -0.306 e. The van der Waals surface area contributed by atoms with Gasteiger partial charge in [-0.3, -0.25) is 0 Å². The summed E-state index contributed by atoms with van der Waals surface area (Å²) in [6.45, 7) is 6.56. The van der Waals surface area contributed by atoms with Gasteiger partial charge in [0.15, 0.2) is 0 Å². The number of aryl methyl sites for hydroxylation is 1. The number of hydrogen-bond acceptors (Lipinski definition) is 3. The van der Waals surface area contributed by atoms with E-state index in [9.17, 15) is 0 Å². The van der Waals surface area contributed by atoms with Crippen LogP contribution >= 0.6 is 11.3 Å². The van der Waals surface area contributed by atoms with E-state index in [1.165, 1.54) is 25.0 Å². The molecule has 1 saturated carbocycles. The quantitative estimate of drug-likeness (QED) is 0.830. The number of rotatable bonds is 5. The van der Waals surface area contributed by atoms with Crippen molar-refractivity contribution >= 4 is 11.3 Å². The average Bonchev–Trinajstić information content (AvgIpc) is 2.85. The lowest BCUT2D eigenvalue weighted by atomic mass is 10.1. The molecule has 84 valence electrons. The van der Waals surface area contributed by atoms with E-state index in [2.05, 4.69) is 36.5 Å². The molecule has 0 amide bonds. The van der Waals surface area contributed by atoms with Crippen LogP contribution in [0.3, 0.4) is 0 Å². The Morgan fingerprint density at radius 1 is 1.53 bits per heavy atom. The maximum atomic E-state index is 4.51. The van der Waals surface area contributed by atoms with E-state index in [0.717, 1.165) is 10.9 Å². The molecule has 0 aromatic carbocycles. The van der Waals surface area contributed by atoms with Crippen molar-refractivity contribution in [1.29, 1.82) is 0 Å². The molecule has 1 aromatic heterocycles. The number of aromatic nitrogens is 1. The van der Waals surface area contributed by atoms with E-state index in [-0.39, 0.29) is 0 Å². The number of thiazole rings is 1. The van der Waals surface area contributed by atoms with Crippen LogP contribution in [0.15, 0.2) is 5.38 Å². The van der Waals surface area contributed by atoms with E-state index in [1.54, 1.807) is 11.3 Å². The van der Waals surface area contributed by atoms with Crippen LogP contribution in [-0.2, 0) is 0 Å². The number of nitrogens with zero attached hydrogens (tertiary/aromatic N) is 1. The fourth-order valence-electron chi connectivity index (χ4n) is 2.01. The molecule has 2 unspecified atom stereocenters. The number of hydrogen-bond donors (Lipinski definition) is 1. The summed E-state index contributed by atoms with van der Waals surface area (Å²) in [6.07, 6.45) is 4.21. The molecule has 2 nitrogen and oxygen atoms in total. The van der Waals surface area contributed by atoms with Gasteiger partial charge in [-0.15, -0.1) is 11.3 Å². The van der Waals surface area contributed by atoms with Crippen molar-refractivity contribution in [2.45, 2.75) is 52.1 Å². The van der Waals surface area contributed by atoms with Gasteiger partial charge in [-0.2, -0.15) is 0 Å². The van der Waals surface area contributed by atoms with Crippen molar-refractivity contribution in [1.82, 2.24) is 10.3 Å². The van der Waals surface area contributed by atoms with Crippen LogP contribution in [0.25, 0.3) is 0 Å². The van der Waals surface area contributed by atoms with Crippen molar-refractivity contribution in [3.05, 3.63) is 16.1 Å². The highest BCUT2D eigenvalue weighted by Crippen LogP contribution is 2.33. The van der Waals surface area contributed by atoms with Crippen LogP contribution in [0.4, 0.5) is 0 Å². The lowest BCUT2D eigenvalue weighted by Crippen LogP contribution is -2.29. The van der Waals surface area contributed by atoms with Crippen molar-refractivity contribution in [2.75, 3.05) is 0 Å². The van der Waals surface area contributed by atoms with Gasteiger partial charge < -0.3 is 5.32 Å². The zero-order valence-electron chi connectivity index (χ0n) is 9.79. The van der Waals surface area contributed by atoms with Crippen LogP contribution in [0, 0.1) is 12.8 Å². The summed E-state index contributed by atoms with van der Waals surface area (Å²) in [4.78, 5) is 4.51. The van der Waals surface area contributed by atoms with Gasteiger partial charge in [0, 0.05) is 17.5 Å². The minimum absolute atomic E-state index is 0.392. The van der Waals surface area contributed by atoms with Gasteiger partial charge in [0.2, 0.25) is 0 Å². The first-order valence-electron chi connectivity index (χ1n) is 5.83. The molecule has 2 rings (SSSR count). The summed E-state index contributed by atoms with van der Waals surface area (Å²) in [6, 6.07) is 1.01. The molecule has 0 saturated heterocycles. The van der Waals surface area contributed by atoms with E-state index in [4.69, 9.17) is 0 Å². The highest BCUT2D eigenvalue weighted by atomic mass is 32.1. The van der Waals surface area contributed by atoms with Crippen LogP contribution in [0.2, 0.25) is 0 Å². The maximum absolute atomic E-state index is 4.51. The fourth-order valence-corrected chi connectivity index (χ4v) is 2.72. The van der Waals surface area contributed by atoms with Crippen molar-refractivity contribution in [3.8, 4) is 0 Å². The van der Waals surface area contributed by atoms with Crippen molar-refractivity contribution in [2.24, 2.45) is 5.92 Å². The first-order chi connectivity index (χ1) is 7.15. The Morgan fingerprint density at radius 2 is 2.27 bits per heavy atom. The van der Waals surface area contributed by atoms with Crippen molar-refractivity contribution < 1.29 is 0 Å². The SMILES string of the molecule is Cc1nc(C(C)NC(C)CC2CC2)cs1. The molecule has 3 heteroatoms. The second-order valence-corrected chi connectivity index (χ2v) is 5.82. The Balaban J connectivity index is 1.82. The van der Waals surface area contributed by atoms with Crippen LogP contribution in [0.1, 0.15) is 49.9 Å². The Morgan fingerprint density at radius 3 is 2.80 bits per heavy atom. The zero-order valence-corrected chi connectivity index (χ0v) is 10.6. The largest absolute Gasteiger partial charge is 0.306 e. The third-order valence-corrected chi connectivity index (χ3v) is 3.79. The fraction of sp³-hybridized carbons (Fsp3) is 0.750. The molecule has 1 N–H and O–H groups in total. The molecule has 2 atom stereocenters. The summed E-state index contributed by atoms with van der Waals surface area (Å²) in [5, 5.41) is 6.95. The molecule has 0 radical (unpaired) electrons. The van der Waals surface area contributed by atoms with Gasteiger partial charge >= 0.3 is 0 Å². The van der Waals surface area contributed by atoms with Crippen molar-refractivity contribution in [3.63, 3.8) is 0 Å². The standard InChI is InChI=1S/C12H20N2S/c1-8(6-11-4-5-11)13-9(2)12-7-15-10(3)14-12/h7-9,11,13H,4-6H2,1-3H3. The lowest BCUT2D eigenvalue weighted by Gasteiger charge is -2.18. The highest BCUT2D eigenvalue weighted by molar-refractivity contribution is 7.09. The Kier molecular flexibility index (Phi) is 3.42. The predicted octanol–water partition coefficient (Wildman–Crippen LogP) is 3.29. The molecule has 15 heavy (non-hydrogen) atoms. The topological polar surface area (TPSA) is 24.9 Å². The molecule has 1 aliphatic carbocycles. The summed E-state index contributed by atoms with van der Waals surface area (Å²) < 4.78 is 0. The average molecular weight is 224 g/mol. The Labute approximate surface area is 96.1 Å². The maximum Gasteiger partial charge on any atom is 0.0898 e. The van der Waals surface area contributed by atoms with Crippen LogP contribution in [0.5, 0.6) is 0 Å².